The third kappa shape index (κ3) is 5.58. The molecule has 2 saturated heterocycles. The summed E-state index contributed by atoms with van der Waals surface area (Å²) in [4.78, 5) is 21.1. The lowest BCUT2D eigenvalue weighted by atomic mass is 9.84. The standard InChI is InChI=1S/C22H28F3N5O3/c1-14(2)26-20-27-19(33-28-20)17-11-16(15-3-5-18(6-4-15)22(23,24)25)12-30(13-17)21(31)29-7-9-32-10-8-29/h3-6,14,16-17H,7-13H2,1-2H3,(H,26,28). The number of nitrogens with one attached hydrogen (secondary N) is 1. The van der Waals surface area contributed by atoms with Crippen LogP contribution in [-0.4, -0.2) is 71.4 Å². The van der Waals surface area contributed by atoms with Gasteiger partial charge in [0.15, 0.2) is 0 Å². The second kappa shape index (κ2) is 9.58. The van der Waals surface area contributed by atoms with Crippen molar-refractivity contribution in [2.75, 3.05) is 44.7 Å². The van der Waals surface area contributed by atoms with Crippen molar-refractivity contribution in [2.24, 2.45) is 0 Å². The highest BCUT2D eigenvalue weighted by Crippen LogP contribution is 2.37. The predicted molar refractivity (Wildman–Crippen MR) is 114 cm³/mol. The molecule has 0 radical (unpaired) electrons. The van der Waals surface area contributed by atoms with Gasteiger partial charge in [0.05, 0.1) is 24.7 Å². The second-order valence-electron chi connectivity index (χ2n) is 8.79. The molecular formula is C22H28F3N5O3. The molecule has 11 heteroatoms. The van der Waals surface area contributed by atoms with Crippen LogP contribution in [0.1, 0.15) is 49.1 Å². The number of morpholine rings is 1. The molecule has 0 bridgehead atoms. The van der Waals surface area contributed by atoms with Gasteiger partial charge >= 0.3 is 12.2 Å². The molecular weight excluding hydrogens is 439 g/mol. The molecule has 2 aliphatic rings. The predicted octanol–water partition coefficient (Wildman–Crippen LogP) is 3.93. The molecule has 2 aliphatic heterocycles. The Morgan fingerprint density at radius 3 is 2.39 bits per heavy atom. The van der Waals surface area contributed by atoms with Crippen molar-refractivity contribution in [3.05, 3.63) is 41.3 Å². The minimum atomic E-state index is -4.39. The number of alkyl halides is 3. The maximum atomic E-state index is 13.2. The Hall–Kier alpha value is -2.82. The van der Waals surface area contributed by atoms with E-state index in [-0.39, 0.29) is 23.9 Å². The number of rotatable bonds is 4. The van der Waals surface area contributed by atoms with E-state index in [2.05, 4.69) is 15.5 Å². The second-order valence-corrected chi connectivity index (χ2v) is 8.79. The summed E-state index contributed by atoms with van der Waals surface area (Å²) in [6.45, 7) is 6.71. The van der Waals surface area contributed by atoms with Gasteiger partial charge in [-0.25, -0.2) is 4.79 Å². The highest BCUT2D eigenvalue weighted by molar-refractivity contribution is 5.75. The molecule has 0 aliphatic carbocycles. The minimum absolute atomic E-state index is 0.111. The molecule has 33 heavy (non-hydrogen) atoms. The van der Waals surface area contributed by atoms with Crippen LogP contribution in [0.2, 0.25) is 0 Å². The molecule has 2 unspecified atom stereocenters. The summed E-state index contributed by atoms with van der Waals surface area (Å²) in [5.41, 5.74) is 0.0497. The van der Waals surface area contributed by atoms with E-state index in [0.717, 1.165) is 17.7 Å². The molecule has 4 rings (SSSR count). The number of urea groups is 1. The number of hydrogen-bond donors (Lipinski definition) is 1. The number of anilines is 1. The van der Waals surface area contributed by atoms with E-state index in [1.807, 2.05) is 13.8 Å². The Labute approximate surface area is 190 Å². The van der Waals surface area contributed by atoms with Crippen molar-refractivity contribution < 1.29 is 27.2 Å². The third-order valence-electron chi connectivity index (χ3n) is 5.92. The number of hydrogen-bond acceptors (Lipinski definition) is 6. The first-order valence-electron chi connectivity index (χ1n) is 11.1. The van der Waals surface area contributed by atoms with Gasteiger partial charge < -0.3 is 24.4 Å². The Bertz CT molecular complexity index is 941. The van der Waals surface area contributed by atoms with E-state index in [1.54, 1.807) is 9.80 Å². The molecule has 1 N–H and O–H groups in total. The highest BCUT2D eigenvalue weighted by atomic mass is 19.4. The van der Waals surface area contributed by atoms with Gasteiger partial charge in [0.2, 0.25) is 5.89 Å². The van der Waals surface area contributed by atoms with Crippen LogP contribution in [0.4, 0.5) is 23.9 Å². The molecule has 3 heterocycles. The van der Waals surface area contributed by atoms with Crippen LogP contribution in [0.25, 0.3) is 0 Å². The number of benzene rings is 1. The number of amides is 2. The van der Waals surface area contributed by atoms with Crippen LogP contribution in [-0.2, 0) is 10.9 Å². The third-order valence-corrected chi connectivity index (χ3v) is 5.92. The van der Waals surface area contributed by atoms with Crippen molar-refractivity contribution in [2.45, 2.75) is 44.3 Å². The van der Waals surface area contributed by atoms with Gasteiger partial charge in [-0.05, 0) is 43.1 Å². The van der Waals surface area contributed by atoms with Crippen LogP contribution >= 0.6 is 0 Å². The summed E-state index contributed by atoms with van der Waals surface area (Å²) in [7, 11) is 0. The molecule has 0 saturated carbocycles. The summed E-state index contributed by atoms with van der Waals surface area (Å²) >= 11 is 0. The van der Waals surface area contributed by atoms with E-state index < -0.39 is 11.7 Å². The van der Waals surface area contributed by atoms with Crippen molar-refractivity contribution in [1.29, 1.82) is 0 Å². The number of carbonyl (C=O) groups is 1. The number of carbonyl (C=O) groups excluding carboxylic acids is 1. The summed E-state index contributed by atoms with van der Waals surface area (Å²) in [6, 6.07) is 5.18. The summed E-state index contributed by atoms with van der Waals surface area (Å²) in [5, 5.41) is 7.06. The van der Waals surface area contributed by atoms with Gasteiger partial charge in [-0.15, -0.1) is 0 Å². The molecule has 2 atom stereocenters. The van der Waals surface area contributed by atoms with Crippen molar-refractivity contribution in [1.82, 2.24) is 19.9 Å². The zero-order chi connectivity index (χ0) is 23.6. The van der Waals surface area contributed by atoms with Crippen LogP contribution < -0.4 is 5.32 Å². The lowest BCUT2D eigenvalue weighted by molar-refractivity contribution is -0.137. The maximum absolute atomic E-state index is 13.2. The van der Waals surface area contributed by atoms with Crippen molar-refractivity contribution in [3.8, 4) is 0 Å². The van der Waals surface area contributed by atoms with Crippen molar-refractivity contribution >= 4 is 12.0 Å². The Balaban J connectivity index is 1.57. The van der Waals surface area contributed by atoms with E-state index >= 15 is 0 Å². The number of halogens is 3. The maximum Gasteiger partial charge on any atom is 0.416 e. The van der Waals surface area contributed by atoms with Gasteiger partial charge in [0.25, 0.3) is 5.95 Å². The molecule has 2 aromatic rings. The average molecular weight is 467 g/mol. The quantitative estimate of drug-likeness (QED) is 0.734. The molecule has 8 nitrogen and oxygen atoms in total. The van der Waals surface area contributed by atoms with Crippen LogP contribution in [0.3, 0.4) is 0 Å². The zero-order valence-electron chi connectivity index (χ0n) is 18.6. The summed E-state index contributed by atoms with van der Waals surface area (Å²) in [5.74, 6) is 0.396. The fourth-order valence-electron chi connectivity index (χ4n) is 4.29. The fraction of sp³-hybridized carbons (Fsp3) is 0.591. The van der Waals surface area contributed by atoms with E-state index in [1.165, 1.54) is 12.1 Å². The molecule has 2 amide bonds. The summed E-state index contributed by atoms with van der Waals surface area (Å²) < 4.78 is 49.9. The lowest BCUT2D eigenvalue weighted by Crippen LogP contribution is -2.52. The number of piperidine rings is 1. The normalized spacial score (nSPS) is 22.0. The number of aromatic nitrogens is 2. The molecule has 0 spiro atoms. The van der Waals surface area contributed by atoms with Crippen LogP contribution in [0, 0.1) is 0 Å². The number of likely N-dealkylation sites (tertiary alicyclic amines) is 1. The zero-order valence-corrected chi connectivity index (χ0v) is 18.6. The van der Waals surface area contributed by atoms with Crippen molar-refractivity contribution in [3.63, 3.8) is 0 Å². The molecule has 1 aromatic carbocycles. The first-order chi connectivity index (χ1) is 15.7. The number of nitrogens with zero attached hydrogens (tertiary/aromatic N) is 4. The topological polar surface area (TPSA) is 83.7 Å². The SMILES string of the molecule is CC(C)Nc1noc(C2CC(c3ccc(C(F)(F)F)cc3)CN(C(=O)N3CCOCC3)C2)n1. The van der Waals surface area contributed by atoms with E-state index in [0.29, 0.717) is 57.7 Å². The smallest absolute Gasteiger partial charge is 0.378 e. The van der Waals surface area contributed by atoms with E-state index in [9.17, 15) is 18.0 Å². The Morgan fingerprint density at radius 2 is 1.76 bits per heavy atom. The average Bonchev–Trinajstić information content (AvgIpc) is 3.26. The Morgan fingerprint density at radius 1 is 1.09 bits per heavy atom. The summed E-state index contributed by atoms with van der Waals surface area (Å²) in [6.07, 6.45) is -3.81. The van der Waals surface area contributed by atoms with Gasteiger partial charge in [-0.1, -0.05) is 12.1 Å². The van der Waals surface area contributed by atoms with Gasteiger partial charge in [0.1, 0.15) is 0 Å². The largest absolute Gasteiger partial charge is 0.416 e. The number of ether oxygens (including phenoxy) is 1. The fourth-order valence-corrected chi connectivity index (χ4v) is 4.29. The monoisotopic (exact) mass is 467 g/mol. The molecule has 1 aromatic heterocycles. The highest BCUT2D eigenvalue weighted by Gasteiger charge is 2.37. The van der Waals surface area contributed by atoms with Crippen LogP contribution in [0.15, 0.2) is 28.8 Å². The first-order valence-corrected chi connectivity index (χ1v) is 11.1. The van der Waals surface area contributed by atoms with Crippen LogP contribution in [0.5, 0.6) is 0 Å². The molecule has 2 fully saturated rings. The van der Waals surface area contributed by atoms with E-state index in [4.69, 9.17) is 9.26 Å². The molecule has 180 valence electrons. The van der Waals surface area contributed by atoms with Gasteiger partial charge in [-0.3, -0.25) is 0 Å². The first kappa shape index (κ1) is 23.3. The minimum Gasteiger partial charge on any atom is -0.378 e. The Kier molecular flexibility index (Phi) is 6.78. The van der Waals surface area contributed by atoms with Gasteiger partial charge in [0, 0.05) is 38.1 Å². The van der Waals surface area contributed by atoms with Gasteiger partial charge in [-0.2, -0.15) is 18.2 Å². The lowest BCUT2D eigenvalue weighted by Gasteiger charge is -2.40.